The molecule has 5 heteroatoms. The third-order valence-electron chi connectivity index (χ3n) is 2.40. The average Bonchev–Trinajstić information content (AvgIpc) is 2.50. The molecule has 0 fully saturated rings. The topological polar surface area (TPSA) is 52.6 Å². The zero-order valence-electron chi connectivity index (χ0n) is 12.0. The molecule has 0 amide bonds. The van der Waals surface area contributed by atoms with Gasteiger partial charge in [0.25, 0.3) is 0 Å². The van der Waals surface area contributed by atoms with Crippen LogP contribution >= 0.6 is 15.9 Å². The molecule has 0 aliphatic rings. The molecular formula is C16H17BrO4. The number of allylic oxidation sites excluding steroid dienone is 3. The quantitative estimate of drug-likeness (QED) is 0.456. The number of hydrogen-bond acceptors (Lipinski definition) is 4. The normalized spacial score (nSPS) is 9.95. The first-order valence-electron chi connectivity index (χ1n) is 5.83. The van der Waals surface area contributed by atoms with Gasteiger partial charge in [0, 0.05) is 0 Å². The number of benzene rings is 1. The summed E-state index contributed by atoms with van der Waals surface area (Å²) in [6, 6.07) is 3.43. The van der Waals surface area contributed by atoms with E-state index >= 15 is 0 Å². The summed E-state index contributed by atoms with van der Waals surface area (Å²) < 4.78 is 11.1. The summed E-state index contributed by atoms with van der Waals surface area (Å²) in [7, 11) is 1.34. The lowest BCUT2D eigenvalue weighted by atomic mass is 10.1. The minimum atomic E-state index is -0.400. The Labute approximate surface area is 132 Å². The molecule has 0 radical (unpaired) electrons. The number of esters is 1. The molecule has 0 saturated heterocycles. The summed E-state index contributed by atoms with van der Waals surface area (Å²) >= 11 is 3.40. The Morgan fingerprint density at radius 2 is 1.90 bits per heavy atom. The SMILES string of the molecule is C=C/C=C(\C=C)Oc1cc(C(=O)OC)c(C)cc1Br.C=O. The molecule has 0 aliphatic carbocycles. The number of carbonyl (C=O) groups is 2. The van der Waals surface area contributed by atoms with Gasteiger partial charge >= 0.3 is 5.97 Å². The molecule has 0 N–H and O–H groups in total. The predicted octanol–water partition coefficient (Wildman–Crippen LogP) is 3.99. The molecule has 0 atom stereocenters. The molecular weight excluding hydrogens is 336 g/mol. The summed E-state index contributed by atoms with van der Waals surface area (Å²) in [6.07, 6.45) is 4.84. The maximum absolute atomic E-state index is 11.6. The average molecular weight is 353 g/mol. The Morgan fingerprint density at radius 1 is 1.29 bits per heavy atom. The molecule has 0 bridgehead atoms. The van der Waals surface area contributed by atoms with Crippen molar-refractivity contribution in [3.63, 3.8) is 0 Å². The van der Waals surface area contributed by atoms with E-state index in [4.69, 9.17) is 14.3 Å². The number of methoxy groups -OCH3 is 1. The van der Waals surface area contributed by atoms with Gasteiger partial charge in [0.15, 0.2) is 0 Å². The fourth-order valence-corrected chi connectivity index (χ4v) is 1.99. The summed E-state index contributed by atoms with van der Waals surface area (Å²) in [5, 5.41) is 0. The number of aryl methyl sites for hydroxylation is 1. The van der Waals surface area contributed by atoms with E-state index in [1.54, 1.807) is 30.4 Å². The second kappa shape index (κ2) is 9.72. The van der Waals surface area contributed by atoms with Gasteiger partial charge in [-0.1, -0.05) is 19.2 Å². The van der Waals surface area contributed by atoms with Gasteiger partial charge in [-0.25, -0.2) is 4.79 Å². The van der Waals surface area contributed by atoms with Gasteiger partial charge in [0.05, 0.1) is 17.1 Å². The van der Waals surface area contributed by atoms with E-state index in [1.807, 2.05) is 13.7 Å². The van der Waals surface area contributed by atoms with Gasteiger partial charge in [-0.05, 0) is 52.7 Å². The fraction of sp³-hybridized carbons (Fsp3) is 0.125. The number of hydrogen-bond donors (Lipinski definition) is 0. The Hall–Kier alpha value is -2.14. The highest BCUT2D eigenvalue weighted by Gasteiger charge is 2.14. The molecule has 112 valence electrons. The highest BCUT2D eigenvalue weighted by molar-refractivity contribution is 9.10. The van der Waals surface area contributed by atoms with Gasteiger partial charge in [0.2, 0.25) is 0 Å². The lowest BCUT2D eigenvalue weighted by Crippen LogP contribution is -2.05. The van der Waals surface area contributed by atoms with Gasteiger partial charge < -0.3 is 14.3 Å². The second-order valence-electron chi connectivity index (χ2n) is 3.70. The Kier molecular flexibility index (Phi) is 8.73. The summed E-state index contributed by atoms with van der Waals surface area (Å²) in [5.74, 6) is 0.650. The van der Waals surface area contributed by atoms with Crippen LogP contribution in [0.2, 0.25) is 0 Å². The smallest absolute Gasteiger partial charge is 0.338 e. The molecule has 1 rings (SSSR count). The molecule has 1 aromatic rings. The zero-order valence-corrected chi connectivity index (χ0v) is 13.6. The number of ether oxygens (including phenoxy) is 2. The summed E-state index contributed by atoms with van der Waals surface area (Å²) in [6.45, 7) is 11.1. The number of halogens is 1. The first-order valence-corrected chi connectivity index (χ1v) is 6.63. The van der Waals surface area contributed by atoms with Crippen LogP contribution in [0.15, 0.2) is 53.8 Å². The minimum Gasteiger partial charge on any atom is -0.465 e. The molecule has 0 spiro atoms. The van der Waals surface area contributed by atoms with Crippen molar-refractivity contribution in [2.75, 3.05) is 7.11 Å². The van der Waals surface area contributed by atoms with Crippen molar-refractivity contribution in [3.8, 4) is 5.75 Å². The largest absolute Gasteiger partial charge is 0.465 e. The van der Waals surface area contributed by atoms with E-state index in [1.165, 1.54) is 7.11 Å². The number of rotatable bonds is 5. The van der Waals surface area contributed by atoms with Crippen LogP contribution in [0, 0.1) is 6.92 Å². The highest BCUT2D eigenvalue weighted by Crippen LogP contribution is 2.30. The fourth-order valence-electron chi connectivity index (χ4n) is 1.45. The Balaban J connectivity index is 0.00000191. The number of carbonyl (C=O) groups excluding carboxylic acids is 2. The van der Waals surface area contributed by atoms with E-state index in [9.17, 15) is 4.79 Å². The first kappa shape index (κ1) is 18.9. The van der Waals surface area contributed by atoms with E-state index in [2.05, 4.69) is 29.1 Å². The standard InChI is InChI=1S/C15H15BrO3.CH2O/c1-5-7-11(6-2)19-14-9-12(15(17)18-4)10(3)8-13(14)16;1-2/h5-9H,1-2H2,3-4H3;1H2/b11-7+;. The van der Waals surface area contributed by atoms with Gasteiger partial charge in [-0.3, -0.25) is 0 Å². The van der Waals surface area contributed by atoms with Crippen molar-refractivity contribution in [1.29, 1.82) is 0 Å². The molecule has 0 heterocycles. The zero-order chi connectivity index (χ0) is 16.4. The van der Waals surface area contributed by atoms with E-state index in [0.29, 0.717) is 17.1 Å². The van der Waals surface area contributed by atoms with Crippen LogP contribution in [0.3, 0.4) is 0 Å². The molecule has 4 nitrogen and oxygen atoms in total. The summed E-state index contributed by atoms with van der Waals surface area (Å²) in [4.78, 5) is 19.6. The lowest BCUT2D eigenvalue weighted by Gasteiger charge is -2.11. The van der Waals surface area contributed by atoms with Gasteiger partial charge in [-0.15, -0.1) is 0 Å². The van der Waals surface area contributed by atoms with Crippen molar-refractivity contribution in [2.24, 2.45) is 0 Å². The third kappa shape index (κ3) is 5.39. The predicted molar refractivity (Wildman–Crippen MR) is 86.4 cm³/mol. The van der Waals surface area contributed by atoms with Gasteiger partial charge in [0.1, 0.15) is 18.3 Å². The first-order chi connectivity index (χ1) is 10.0. The van der Waals surface area contributed by atoms with Crippen LogP contribution in [0.25, 0.3) is 0 Å². The third-order valence-corrected chi connectivity index (χ3v) is 3.02. The molecule has 0 aliphatic heterocycles. The van der Waals surface area contributed by atoms with Crippen molar-refractivity contribution in [3.05, 3.63) is 64.9 Å². The van der Waals surface area contributed by atoms with Crippen LogP contribution in [-0.4, -0.2) is 19.9 Å². The second-order valence-corrected chi connectivity index (χ2v) is 4.55. The van der Waals surface area contributed by atoms with Crippen LogP contribution in [0.4, 0.5) is 0 Å². The monoisotopic (exact) mass is 352 g/mol. The van der Waals surface area contributed by atoms with Crippen molar-refractivity contribution < 1.29 is 19.1 Å². The van der Waals surface area contributed by atoms with Crippen molar-refractivity contribution in [2.45, 2.75) is 6.92 Å². The summed E-state index contributed by atoms with van der Waals surface area (Å²) in [5.41, 5.74) is 1.27. The maximum atomic E-state index is 11.6. The van der Waals surface area contributed by atoms with Crippen LogP contribution in [0.1, 0.15) is 15.9 Å². The molecule has 1 aromatic carbocycles. The molecule has 0 unspecified atom stereocenters. The van der Waals surface area contributed by atoms with Gasteiger partial charge in [-0.2, -0.15) is 0 Å². The minimum absolute atomic E-state index is 0.400. The Morgan fingerprint density at radius 3 is 2.38 bits per heavy atom. The van der Waals surface area contributed by atoms with E-state index < -0.39 is 5.97 Å². The maximum Gasteiger partial charge on any atom is 0.338 e. The molecule has 0 saturated carbocycles. The lowest BCUT2D eigenvalue weighted by molar-refractivity contribution is -0.0980. The van der Waals surface area contributed by atoms with Crippen molar-refractivity contribution >= 4 is 28.7 Å². The van der Waals surface area contributed by atoms with Crippen LogP contribution in [-0.2, 0) is 9.53 Å². The Bertz CT molecular complexity index is 562. The molecule has 0 aromatic heterocycles. The van der Waals surface area contributed by atoms with Crippen LogP contribution in [0.5, 0.6) is 5.75 Å². The van der Waals surface area contributed by atoms with Crippen molar-refractivity contribution in [1.82, 2.24) is 0 Å². The van der Waals surface area contributed by atoms with Crippen LogP contribution < -0.4 is 4.74 Å². The molecule has 21 heavy (non-hydrogen) atoms. The van der Waals surface area contributed by atoms with E-state index in [-0.39, 0.29) is 0 Å². The highest BCUT2D eigenvalue weighted by atomic mass is 79.9. The van der Waals surface area contributed by atoms with E-state index in [0.717, 1.165) is 10.0 Å².